The van der Waals surface area contributed by atoms with Gasteiger partial charge in [-0.2, -0.15) is 0 Å². The minimum atomic E-state index is 0.180. The van der Waals surface area contributed by atoms with E-state index in [-0.39, 0.29) is 11.9 Å². The van der Waals surface area contributed by atoms with Crippen molar-refractivity contribution in [3.05, 3.63) is 0 Å². The molecular weight excluding hydrogens is 190 g/mol. The second kappa shape index (κ2) is 4.94. The van der Waals surface area contributed by atoms with E-state index in [0.29, 0.717) is 19.0 Å². The van der Waals surface area contributed by atoms with Crippen molar-refractivity contribution in [1.29, 1.82) is 0 Å². The van der Waals surface area contributed by atoms with Crippen LogP contribution < -0.4 is 11.1 Å². The molecule has 0 aromatic heterocycles. The minimum absolute atomic E-state index is 0.180. The zero-order valence-electron chi connectivity index (χ0n) is 9.24. The van der Waals surface area contributed by atoms with E-state index < -0.39 is 0 Å². The average Bonchev–Trinajstić information content (AvgIpc) is 2.86. The molecule has 1 saturated heterocycles. The van der Waals surface area contributed by atoms with Crippen LogP contribution in [0, 0.1) is 0 Å². The molecule has 4 nitrogen and oxygen atoms in total. The van der Waals surface area contributed by atoms with Gasteiger partial charge in [0.25, 0.3) is 0 Å². The summed E-state index contributed by atoms with van der Waals surface area (Å²) in [5.41, 5.74) is 5.73. The fraction of sp³-hybridized carbons (Fsp3) is 0.909. The van der Waals surface area contributed by atoms with E-state index >= 15 is 0 Å². The number of likely N-dealkylation sites (tertiary alicyclic amines) is 1. The van der Waals surface area contributed by atoms with Gasteiger partial charge in [-0.3, -0.25) is 9.69 Å². The Labute approximate surface area is 91.2 Å². The maximum atomic E-state index is 11.6. The highest BCUT2D eigenvalue weighted by Gasteiger charge is 2.27. The Hall–Kier alpha value is -0.610. The first-order valence-corrected chi connectivity index (χ1v) is 6.03. The van der Waals surface area contributed by atoms with Crippen LogP contribution in [0.25, 0.3) is 0 Å². The summed E-state index contributed by atoms with van der Waals surface area (Å²) in [7, 11) is 0. The van der Waals surface area contributed by atoms with Crippen LogP contribution in [0.3, 0.4) is 0 Å². The molecule has 15 heavy (non-hydrogen) atoms. The molecule has 0 radical (unpaired) electrons. The van der Waals surface area contributed by atoms with Crippen molar-refractivity contribution in [2.24, 2.45) is 5.73 Å². The lowest BCUT2D eigenvalue weighted by Gasteiger charge is -2.25. The van der Waals surface area contributed by atoms with Crippen LogP contribution in [0.15, 0.2) is 0 Å². The van der Waals surface area contributed by atoms with Crippen LogP contribution in [-0.2, 0) is 4.79 Å². The van der Waals surface area contributed by atoms with Gasteiger partial charge in [0, 0.05) is 25.0 Å². The molecule has 1 aliphatic carbocycles. The van der Waals surface area contributed by atoms with E-state index in [1.54, 1.807) is 0 Å². The summed E-state index contributed by atoms with van der Waals surface area (Å²) in [6.45, 7) is 2.81. The Morgan fingerprint density at radius 1 is 1.40 bits per heavy atom. The standard InChI is InChI=1S/C11H21N3O/c12-8-10(14-5-1-2-6-14)7-11(15)13-9-3-4-9/h9-10H,1-8,12H2,(H,13,15). The first-order valence-electron chi connectivity index (χ1n) is 6.03. The number of carbonyl (C=O) groups is 1. The van der Waals surface area contributed by atoms with Gasteiger partial charge in [-0.25, -0.2) is 0 Å². The normalized spacial score (nSPS) is 24.1. The smallest absolute Gasteiger partial charge is 0.221 e. The van der Waals surface area contributed by atoms with Crippen LogP contribution in [0.4, 0.5) is 0 Å². The van der Waals surface area contributed by atoms with Crippen LogP contribution in [0.2, 0.25) is 0 Å². The largest absolute Gasteiger partial charge is 0.353 e. The van der Waals surface area contributed by atoms with Crippen LogP contribution in [-0.4, -0.2) is 42.5 Å². The van der Waals surface area contributed by atoms with Crippen molar-refractivity contribution in [3.8, 4) is 0 Å². The molecule has 0 spiro atoms. The molecule has 0 aromatic carbocycles. The average molecular weight is 211 g/mol. The third kappa shape index (κ3) is 3.18. The molecular formula is C11H21N3O. The summed E-state index contributed by atoms with van der Waals surface area (Å²) < 4.78 is 0. The number of rotatable bonds is 5. The predicted octanol–water partition coefficient (Wildman–Crippen LogP) is 0.0782. The highest BCUT2D eigenvalue weighted by atomic mass is 16.1. The maximum Gasteiger partial charge on any atom is 0.221 e. The van der Waals surface area contributed by atoms with Gasteiger partial charge >= 0.3 is 0 Å². The molecule has 2 rings (SSSR count). The highest BCUT2D eigenvalue weighted by molar-refractivity contribution is 5.77. The van der Waals surface area contributed by atoms with E-state index in [1.165, 1.54) is 12.8 Å². The summed E-state index contributed by atoms with van der Waals surface area (Å²) in [6, 6.07) is 0.723. The molecule has 4 heteroatoms. The molecule has 1 unspecified atom stereocenters. The number of nitrogens with one attached hydrogen (secondary N) is 1. The highest BCUT2D eigenvalue weighted by Crippen LogP contribution is 2.19. The summed E-state index contributed by atoms with van der Waals surface area (Å²) in [5, 5.41) is 3.02. The first kappa shape index (κ1) is 10.9. The van der Waals surface area contributed by atoms with E-state index in [9.17, 15) is 4.79 Å². The quantitative estimate of drug-likeness (QED) is 0.677. The molecule has 2 aliphatic rings. The maximum absolute atomic E-state index is 11.6. The fourth-order valence-corrected chi connectivity index (χ4v) is 2.20. The molecule has 1 amide bonds. The number of nitrogens with zero attached hydrogens (tertiary/aromatic N) is 1. The van der Waals surface area contributed by atoms with Crippen molar-refractivity contribution >= 4 is 5.91 Å². The SMILES string of the molecule is NCC(CC(=O)NC1CC1)N1CCCC1. The minimum Gasteiger partial charge on any atom is -0.353 e. The van der Waals surface area contributed by atoms with Gasteiger partial charge in [-0.1, -0.05) is 0 Å². The third-order valence-electron chi connectivity index (χ3n) is 3.29. The third-order valence-corrected chi connectivity index (χ3v) is 3.29. The zero-order valence-corrected chi connectivity index (χ0v) is 9.24. The fourth-order valence-electron chi connectivity index (χ4n) is 2.20. The predicted molar refractivity (Wildman–Crippen MR) is 59.4 cm³/mol. The molecule has 1 heterocycles. The Kier molecular flexibility index (Phi) is 3.59. The van der Waals surface area contributed by atoms with E-state index in [4.69, 9.17) is 5.73 Å². The van der Waals surface area contributed by atoms with Crippen molar-refractivity contribution in [2.45, 2.75) is 44.2 Å². The Bertz CT molecular complexity index is 222. The summed E-state index contributed by atoms with van der Waals surface area (Å²) in [5.74, 6) is 0.180. The lowest BCUT2D eigenvalue weighted by molar-refractivity contribution is -0.122. The number of hydrogen-bond acceptors (Lipinski definition) is 3. The van der Waals surface area contributed by atoms with Gasteiger partial charge in [-0.05, 0) is 38.8 Å². The molecule has 3 N–H and O–H groups in total. The Balaban J connectivity index is 1.75. The van der Waals surface area contributed by atoms with Crippen LogP contribution in [0.5, 0.6) is 0 Å². The van der Waals surface area contributed by atoms with Gasteiger partial charge in [0.15, 0.2) is 0 Å². The summed E-state index contributed by atoms with van der Waals surface area (Å²) >= 11 is 0. The zero-order chi connectivity index (χ0) is 10.7. The van der Waals surface area contributed by atoms with Gasteiger partial charge in [0.2, 0.25) is 5.91 Å². The van der Waals surface area contributed by atoms with Gasteiger partial charge in [0.1, 0.15) is 0 Å². The van der Waals surface area contributed by atoms with Crippen molar-refractivity contribution in [3.63, 3.8) is 0 Å². The van der Waals surface area contributed by atoms with Crippen LogP contribution in [0.1, 0.15) is 32.1 Å². The number of nitrogens with two attached hydrogens (primary N) is 1. The number of hydrogen-bond donors (Lipinski definition) is 2. The van der Waals surface area contributed by atoms with Crippen molar-refractivity contribution < 1.29 is 4.79 Å². The second-order valence-corrected chi connectivity index (χ2v) is 4.68. The van der Waals surface area contributed by atoms with E-state index in [1.807, 2.05) is 0 Å². The first-order chi connectivity index (χ1) is 7.29. The lowest BCUT2D eigenvalue weighted by Crippen LogP contribution is -2.42. The Morgan fingerprint density at radius 3 is 2.60 bits per heavy atom. The van der Waals surface area contributed by atoms with E-state index in [2.05, 4.69) is 10.2 Å². The molecule has 0 aromatic rings. The molecule has 0 bridgehead atoms. The van der Waals surface area contributed by atoms with E-state index in [0.717, 1.165) is 25.9 Å². The molecule has 1 aliphatic heterocycles. The van der Waals surface area contributed by atoms with Gasteiger partial charge in [-0.15, -0.1) is 0 Å². The molecule has 2 fully saturated rings. The van der Waals surface area contributed by atoms with Gasteiger partial charge in [0.05, 0.1) is 0 Å². The summed E-state index contributed by atoms with van der Waals surface area (Å²) in [4.78, 5) is 14.0. The van der Waals surface area contributed by atoms with Crippen LogP contribution >= 0.6 is 0 Å². The lowest BCUT2D eigenvalue weighted by atomic mass is 10.1. The topological polar surface area (TPSA) is 58.4 Å². The van der Waals surface area contributed by atoms with Crippen molar-refractivity contribution in [2.75, 3.05) is 19.6 Å². The Morgan fingerprint density at radius 2 is 2.07 bits per heavy atom. The molecule has 1 saturated carbocycles. The monoisotopic (exact) mass is 211 g/mol. The molecule has 86 valence electrons. The second-order valence-electron chi connectivity index (χ2n) is 4.68. The summed E-state index contributed by atoms with van der Waals surface area (Å²) in [6.07, 6.45) is 5.39. The molecule has 1 atom stereocenters. The number of amides is 1. The van der Waals surface area contributed by atoms with Crippen molar-refractivity contribution in [1.82, 2.24) is 10.2 Å². The number of carbonyl (C=O) groups excluding carboxylic acids is 1. The van der Waals surface area contributed by atoms with Gasteiger partial charge < -0.3 is 11.1 Å².